The maximum atomic E-state index is 13.2. The molecule has 1 amide bonds. The maximum absolute atomic E-state index is 13.2. The molecule has 1 aliphatic rings. The number of likely N-dealkylation sites (tertiary alicyclic amines) is 1. The molecule has 6 heteroatoms. The number of ether oxygens (including phenoxy) is 1. The van der Waals surface area contributed by atoms with Crippen LogP contribution in [0.4, 0.5) is 5.69 Å². The molecular formula is C30H34N4O2. The Balaban J connectivity index is 1.33. The summed E-state index contributed by atoms with van der Waals surface area (Å²) >= 11 is 0. The first-order valence-electron chi connectivity index (χ1n) is 12.7. The van der Waals surface area contributed by atoms with E-state index < -0.39 is 0 Å². The van der Waals surface area contributed by atoms with Gasteiger partial charge in [0.05, 0.1) is 30.6 Å². The number of nitrogens with one attached hydrogen (secondary N) is 1. The second kappa shape index (κ2) is 10.5. The fourth-order valence-corrected chi connectivity index (χ4v) is 5.07. The van der Waals surface area contributed by atoms with Crippen molar-refractivity contribution in [1.82, 2.24) is 14.5 Å². The van der Waals surface area contributed by atoms with Crippen LogP contribution in [-0.2, 0) is 17.9 Å². The van der Waals surface area contributed by atoms with Crippen LogP contribution >= 0.6 is 0 Å². The van der Waals surface area contributed by atoms with Crippen LogP contribution in [0.5, 0.6) is 5.75 Å². The highest BCUT2D eigenvalue weighted by Crippen LogP contribution is 2.25. The van der Waals surface area contributed by atoms with Gasteiger partial charge in [-0.05, 0) is 80.3 Å². The van der Waals surface area contributed by atoms with Crippen molar-refractivity contribution >= 4 is 22.6 Å². The van der Waals surface area contributed by atoms with Crippen molar-refractivity contribution in [2.75, 3.05) is 25.5 Å². The molecule has 3 aromatic carbocycles. The number of methoxy groups -OCH3 is 1. The predicted molar refractivity (Wildman–Crippen MR) is 144 cm³/mol. The van der Waals surface area contributed by atoms with E-state index in [0.29, 0.717) is 0 Å². The Morgan fingerprint density at radius 1 is 1.03 bits per heavy atom. The molecule has 0 unspecified atom stereocenters. The van der Waals surface area contributed by atoms with Gasteiger partial charge in [0.2, 0.25) is 5.91 Å². The second-order valence-electron chi connectivity index (χ2n) is 9.76. The summed E-state index contributed by atoms with van der Waals surface area (Å²) in [5.41, 5.74) is 6.56. The van der Waals surface area contributed by atoms with Crippen molar-refractivity contribution in [1.29, 1.82) is 0 Å². The van der Waals surface area contributed by atoms with Crippen molar-refractivity contribution in [3.63, 3.8) is 0 Å². The van der Waals surface area contributed by atoms with E-state index in [1.807, 2.05) is 30.3 Å². The molecule has 2 heterocycles. The van der Waals surface area contributed by atoms with Crippen molar-refractivity contribution in [3.05, 3.63) is 89.2 Å². The van der Waals surface area contributed by atoms with Crippen molar-refractivity contribution in [2.24, 2.45) is 5.92 Å². The van der Waals surface area contributed by atoms with Crippen LogP contribution in [0.25, 0.3) is 11.0 Å². The molecule has 5 rings (SSSR count). The first-order valence-corrected chi connectivity index (χ1v) is 12.7. The van der Waals surface area contributed by atoms with Gasteiger partial charge in [-0.2, -0.15) is 0 Å². The molecule has 0 spiro atoms. The Morgan fingerprint density at radius 2 is 1.83 bits per heavy atom. The monoisotopic (exact) mass is 482 g/mol. The minimum absolute atomic E-state index is 0.0296. The van der Waals surface area contributed by atoms with Gasteiger partial charge < -0.3 is 14.6 Å². The van der Waals surface area contributed by atoms with E-state index in [4.69, 9.17) is 9.72 Å². The summed E-state index contributed by atoms with van der Waals surface area (Å²) in [6.07, 6.45) is 1.92. The average Bonchev–Trinajstić information content (AvgIpc) is 3.24. The number of aryl methyl sites for hydroxylation is 1. The van der Waals surface area contributed by atoms with E-state index in [2.05, 4.69) is 65.0 Å². The number of fused-ring (bicyclic) bond motifs is 1. The van der Waals surface area contributed by atoms with Gasteiger partial charge in [0.25, 0.3) is 0 Å². The molecule has 1 aliphatic heterocycles. The first-order chi connectivity index (χ1) is 17.5. The van der Waals surface area contributed by atoms with Gasteiger partial charge in [0.15, 0.2) is 0 Å². The normalized spacial score (nSPS) is 16.2. The lowest BCUT2D eigenvalue weighted by atomic mass is 9.96. The fraction of sp³-hybridized carbons (Fsp3) is 0.333. The van der Waals surface area contributed by atoms with Gasteiger partial charge >= 0.3 is 0 Å². The molecule has 4 aromatic rings. The molecule has 1 saturated heterocycles. The summed E-state index contributed by atoms with van der Waals surface area (Å²) < 4.78 is 7.62. The van der Waals surface area contributed by atoms with E-state index in [0.717, 1.165) is 72.9 Å². The summed E-state index contributed by atoms with van der Waals surface area (Å²) in [4.78, 5) is 20.5. The quantitative estimate of drug-likeness (QED) is 0.375. The molecule has 0 saturated carbocycles. The van der Waals surface area contributed by atoms with Gasteiger partial charge in [-0.15, -0.1) is 0 Å². The predicted octanol–water partition coefficient (Wildman–Crippen LogP) is 5.56. The third-order valence-corrected chi connectivity index (χ3v) is 7.34. The van der Waals surface area contributed by atoms with Crippen LogP contribution in [0.1, 0.15) is 35.4 Å². The Kier molecular flexibility index (Phi) is 7.05. The lowest BCUT2D eigenvalue weighted by Gasteiger charge is -2.32. The highest BCUT2D eigenvalue weighted by Gasteiger charge is 2.27. The number of para-hydroxylation sites is 2. The number of hydrogen-bond acceptors (Lipinski definition) is 4. The number of rotatable bonds is 7. The van der Waals surface area contributed by atoms with E-state index in [-0.39, 0.29) is 11.8 Å². The van der Waals surface area contributed by atoms with Gasteiger partial charge in [-0.25, -0.2) is 4.98 Å². The first kappa shape index (κ1) is 24.1. The number of carbonyl (C=O) groups excluding carboxylic acids is 1. The molecule has 1 fully saturated rings. The minimum atomic E-state index is -0.0296. The standard InChI is InChI=1S/C30H34N4O2/c1-21-8-6-11-26(22(21)2)32-30(35)24-9-7-17-33(19-24)20-29-31-27-10-4-5-12-28(27)34(29)18-23-13-15-25(36-3)16-14-23/h4-6,8,10-16,24H,7,9,17-20H2,1-3H3,(H,32,35)/t24-/m0/s1. The lowest BCUT2D eigenvalue weighted by molar-refractivity contribution is -0.121. The molecule has 1 atom stereocenters. The molecular weight excluding hydrogens is 448 g/mol. The van der Waals surface area contributed by atoms with E-state index >= 15 is 0 Å². The van der Waals surface area contributed by atoms with Gasteiger partial charge in [0.1, 0.15) is 11.6 Å². The van der Waals surface area contributed by atoms with Crippen molar-refractivity contribution < 1.29 is 9.53 Å². The molecule has 1 aromatic heterocycles. The van der Waals surface area contributed by atoms with Gasteiger partial charge in [0, 0.05) is 18.8 Å². The Labute approximate surface area is 212 Å². The third kappa shape index (κ3) is 5.14. The number of piperidine rings is 1. The zero-order chi connectivity index (χ0) is 25.1. The zero-order valence-corrected chi connectivity index (χ0v) is 21.3. The summed E-state index contributed by atoms with van der Waals surface area (Å²) in [6.45, 7) is 7.31. The molecule has 0 bridgehead atoms. The number of anilines is 1. The third-order valence-electron chi connectivity index (χ3n) is 7.34. The van der Waals surface area contributed by atoms with Gasteiger partial charge in [-0.1, -0.05) is 36.4 Å². The van der Waals surface area contributed by atoms with Crippen LogP contribution < -0.4 is 10.1 Å². The minimum Gasteiger partial charge on any atom is -0.497 e. The van der Waals surface area contributed by atoms with Crippen molar-refractivity contribution in [2.45, 2.75) is 39.8 Å². The molecule has 1 N–H and O–H groups in total. The number of imidazole rings is 1. The van der Waals surface area contributed by atoms with Crippen molar-refractivity contribution in [3.8, 4) is 5.75 Å². The molecule has 0 radical (unpaired) electrons. The summed E-state index contributed by atoms with van der Waals surface area (Å²) in [5, 5.41) is 3.18. The molecule has 0 aliphatic carbocycles. The second-order valence-corrected chi connectivity index (χ2v) is 9.76. The fourth-order valence-electron chi connectivity index (χ4n) is 5.07. The van der Waals surface area contributed by atoms with Gasteiger partial charge in [-0.3, -0.25) is 9.69 Å². The zero-order valence-electron chi connectivity index (χ0n) is 21.3. The largest absolute Gasteiger partial charge is 0.497 e. The number of benzene rings is 3. The van der Waals surface area contributed by atoms with Crippen LogP contribution in [0.3, 0.4) is 0 Å². The Morgan fingerprint density at radius 3 is 2.64 bits per heavy atom. The number of aromatic nitrogens is 2. The molecule has 6 nitrogen and oxygen atoms in total. The number of amides is 1. The Bertz CT molecular complexity index is 1360. The van der Waals surface area contributed by atoms with Crippen LogP contribution in [-0.4, -0.2) is 40.6 Å². The number of hydrogen-bond donors (Lipinski definition) is 1. The van der Waals surface area contributed by atoms with Crippen LogP contribution in [0.15, 0.2) is 66.7 Å². The van der Waals surface area contributed by atoms with E-state index in [1.165, 1.54) is 11.1 Å². The Hall–Kier alpha value is -3.64. The maximum Gasteiger partial charge on any atom is 0.228 e. The lowest BCUT2D eigenvalue weighted by Crippen LogP contribution is -2.40. The summed E-state index contributed by atoms with van der Waals surface area (Å²) in [6, 6.07) is 22.6. The van der Waals surface area contributed by atoms with E-state index in [9.17, 15) is 4.79 Å². The summed E-state index contributed by atoms with van der Waals surface area (Å²) in [7, 11) is 1.69. The number of carbonyl (C=O) groups is 1. The topological polar surface area (TPSA) is 59.4 Å². The van der Waals surface area contributed by atoms with Crippen LogP contribution in [0.2, 0.25) is 0 Å². The SMILES string of the molecule is COc1ccc(Cn2c(CN3CCC[C@H](C(=O)Nc4cccc(C)c4C)C3)nc3ccccc32)cc1. The number of nitrogens with zero attached hydrogens (tertiary/aromatic N) is 3. The van der Waals surface area contributed by atoms with Crippen LogP contribution in [0, 0.1) is 19.8 Å². The smallest absolute Gasteiger partial charge is 0.228 e. The highest BCUT2D eigenvalue weighted by atomic mass is 16.5. The average molecular weight is 483 g/mol. The van der Waals surface area contributed by atoms with E-state index in [1.54, 1.807) is 7.11 Å². The molecule has 36 heavy (non-hydrogen) atoms. The molecule has 186 valence electrons. The summed E-state index contributed by atoms with van der Waals surface area (Å²) in [5.74, 6) is 1.97. The highest BCUT2D eigenvalue weighted by molar-refractivity contribution is 5.93.